The minimum Gasteiger partial charge on any atom is -0.307 e. The van der Waals surface area contributed by atoms with Crippen LogP contribution in [0.3, 0.4) is 0 Å². The van der Waals surface area contributed by atoms with Crippen molar-refractivity contribution in [2.75, 3.05) is 0 Å². The number of nitrogens with one attached hydrogen (secondary N) is 1. The minimum atomic E-state index is 0.387. The third-order valence-corrected chi connectivity index (χ3v) is 4.53. The number of rotatable bonds is 6. The van der Waals surface area contributed by atoms with Crippen LogP contribution in [0.1, 0.15) is 42.4 Å². The zero-order valence-corrected chi connectivity index (χ0v) is 12.7. The quantitative estimate of drug-likeness (QED) is 0.857. The van der Waals surface area contributed by atoms with Gasteiger partial charge in [0.1, 0.15) is 0 Å². The van der Waals surface area contributed by atoms with Gasteiger partial charge in [-0.1, -0.05) is 30.3 Å². The summed E-state index contributed by atoms with van der Waals surface area (Å²) in [6, 6.07) is 11.6. The maximum Gasteiger partial charge on any atom is 0.0798 e. The molecule has 19 heavy (non-hydrogen) atoms. The lowest BCUT2D eigenvalue weighted by molar-refractivity contribution is 0.459. The van der Waals surface area contributed by atoms with Gasteiger partial charge in [0.2, 0.25) is 0 Å². The molecule has 2 unspecified atom stereocenters. The zero-order valence-electron chi connectivity index (χ0n) is 11.9. The maximum absolute atomic E-state index is 4.32. The van der Waals surface area contributed by atoms with Crippen molar-refractivity contribution in [3.8, 4) is 0 Å². The molecule has 2 nitrogen and oxygen atoms in total. The summed E-state index contributed by atoms with van der Waals surface area (Å²) >= 11 is 1.74. The van der Waals surface area contributed by atoms with Crippen LogP contribution in [0.4, 0.5) is 0 Å². The number of aromatic nitrogens is 1. The Morgan fingerprint density at radius 3 is 2.58 bits per heavy atom. The Labute approximate surface area is 119 Å². The van der Waals surface area contributed by atoms with Gasteiger partial charge in [0.05, 0.1) is 11.2 Å². The Morgan fingerprint density at radius 2 is 1.95 bits per heavy atom. The molecule has 0 amide bonds. The van der Waals surface area contributed by atoms with Crippen molar-refractivity contribution in [2.24, 2.45) is 0 Å². The number of hydrogen-bond acceptors (Lipinski definition) is 3. The SMILES string of the molecule is Cc1ncsc1C(C)NC(C)CCc1ccccc1. The van der Waals surface area contributed by atoms with E-state index in [-0.39, 0.29) is 0 Å². The van der Waals surface area contributed by atoms with Crippen LogP contribution in [0.25, 0.3) is 0 Å². The van der Waals surface area contributed by atoms with Gasteiger partial charge in [-0.2, -0.15) is 0 Å². The third kappa shape index (κ3) is 4.15. The summed E-state index contributed by atoms with van der Waals surface area (Å²) in [6.07, 6.45) is 2.29. The van der Waals surface area contributed by atoms with Crippen LogP contribution in [0.5, 0.6) is 0 Å². The van der Waals surface area contributed by atoms with Gasteiger partial charge < -0.3 is 5.32 Å². The molecule has 1 N–H and O–H groups in total. The summed E-state index contributed by atoms with van der Waals surface area (Å²) in [4.78, 5) is 5.67. The Hall–Kier alpha value is -1.19. The molecule has 0 saturated heterocycles. The number of thiazole rings is 1. The lowest BCUT2D eigenvalue weighted by atomic mass is 10.1. The van der Waals surface area contributed by atoms with E-state index in [2.05, 4.69) is 61.4 Å². The molecule has 0 spiro atoms. The van der Waals surface area contributed by atoms with E-state index >= 15 is 0 Å². The summed E-state index contributed by atoms with van der Waals surface area (Å²) in [7, 11) is 0. The molecule has 0 aliphatic rings. The minimum absolute atomic E-state index is 0.387. The van der Waals surface area contributed by atoms with Crippen molar-refractivity contribution in [2.45, 2.75) is 45.7 Å². The fourth-order valence-corrected chi connectivity index (χ4v) is 3.16. The average Bonchev–Trinajstić information content (AvgIpc) is 2.84. The van der Waals surface area contributed by atoms with Crippen LogP contribution in [0.15, 0.2) is 35.8 Å². The Balaban J connectivity index is 1.81. The predicted octanol–water partition coefficient (Wildman–Crippen LogP) is 4.12. The smallest absolute Gasteiger partial charge is 0.0798 e. The van der Waals surface area contributed by atoms with E-state index in [0.717, 1.165) is 18.5 Å². The van der Waals surface area contributed by atoms with Gasteiger partial charge in [-0.15, -0.1) is 11.3 Å². The first-order chi connectivity index (χ1) is 9.16. The highest BCUT2D eigenvalue weighted by molar-refractivity contribution is 7.09. The lowest BCUT2D eigenvalue weighted by Crippen LogP contribution is -2.29. The summed E-state index contributed by atoms with van der Waals surface area (Å²) in [6.45, 7) is 6.56. The molecule has 0 radical (unpaired) electrons. The molecule has 0 fully saturated rings. The maximum atomic E-state index is 4.32. The predicted molar refractivity (Wildman–Crippen MR) is 82.6 cm³/mol. The largest absolute Gasteiger partial charge is 0.307 e. The van der Waals surface area contributed by atoms with Crippen LogP contribution < -0.4 is 5.32 Å². The monoisotopic (exact) mass is 274 g/mol. The molecule has 2 rings (SSSR count). The van der Waals surface area contributed by atoms with E-state index < -0.39 is 0 Å². The van der Waals surface area contributed by atoms with Crippen LogP contribution in [0, 0.1) is 6.92 Å². The Kier molecular flexibility index (Phi) is 5.11. The first-order valence-electron chi connectivity index (χ1n) is 6.86. The molecule has 2 atom stereocenters. The molecule has 1 aromatic carbocycles. The number of aryl methyl sites for hydroxylation is 2. The highest BCUT2D eigenvalue weighted by atomic mass is 32.1. The molecule has 0 aliphatic heterocycles. The topological polar surface area (TPSA) is 24.9 Å². The zero-order chi connectivity index (χ0) is 13.7. The van der Waals surface area contributed by atoms with E-state index in [0.29, 0.717) is 12.1 Å². The molecule has 0 bridgehead atoms. The molecule has 102 valence electrons. The van der Waals surface area contributed by atoms with Gasteiger partial charge in [-0.25, -0.2) is 4.98 Å². The molecule has 0 saturated carbocycles. The van der Waals surface area contributed by atoms with Crippen LogP contribution in [0.2, 0.25) is 0 Å². The van der Waals surface area contributed by atoms with E-state index in [1.54, 1.807) is 11.3 Å². The van der Waals surface area contributed by atoms with Crippen molar-refractivity contribution in [1.29, 1.82) is 0 Å². The third-order valence-electron chi connectivity index (χ3n) is 3.42. The number of benzene rings is 1. The fourth-order valence-electron chi connectivity index (χ4n) is 2.34. The van der Waals surface area contributed by atoms with E-state index in [1.165, 1.54) is 10.4 Å². The second kappa shape index (κ2) is 6.83. The highest BCUT2D eigenvalue weighted by Gasteiger charge is 2.13. The van der Waals surface area contributed by atoms with Gasteiger partial charge in [0.15, 0.2) is 0 Å². The van der Waals surface area contributed by atoms with E-state index in [1.807, 2.05) is 5.51 Å². The normalized spacial score (nSPS) is 14.3. The highest BCUT2D eigenvalue weighted by Crippen LogP contribution is 2.22. The van der Waals surface area contributed by atoms with Gasteiger partial charge in [-0.3, -0.25) is 0 Å². The van der Waals surface area contributed by atoms with Crippen LogP contribution >= 0.6 is 11.3 Å². The van der Waals surface area contributed by atoms with Gasteiger partial charge in [-0.05, 0) is 39.2 Å². The van der Waals surface area contributed by atoms with Gasteiger partial charge in [0.25, 0.3) is 0 Å². The molecule has 2 aromatic rings. The van der Waals surface area contributed by atoms with Crippen LogP contribution in [-0.2, 0) is 6.42 Å². The first-order valence-corrected chi connectivity index (χ1v) is 7.74. The van der Waals surface area contributed by atoms with Gasteiger partial charge in [0, 0.05) is 17.0 Å². The van der Waals surface area contributed by atoms with Crippen molar-refractivity contribution in [3.05, 3.63) is 52.0 Å². The molecule has 0 aliphatic carbocycles. The van der Waals surface area contributed by atoms with Crippen LogP contribution in [-0.4, -0.2) is 11.0 Å². The molecular weight excluding hydrogens is 252 g/mol. The lowest BCUT2D eigenvalue weighted by Gasteiger charge is -2.19. The molecule has 3 heteroatoms. The Morgan fingerprint density at radius 1 is 1.21 bits per heavy atom. The molecule has 1 aromatic heterocycles. The molecular formula is C16H22N2S. The first kappa shape index (κ1) is 14.2. The van der Waals surface area contributed by atoms with E-state index in [9.17, 15) is 0 Å². The molecule has 1 heterocycles. The number of nitrogens with zero attached hydrogens (tertiary/aromatic N) is 1. The standard InChI is InChI=1S/C16H22N2S/c1-12(9-10-15-7-5-4-6-8-15)18-14(3)16-13(2)17-11-19-16/h4-8,11-12,14,18H,9-10H2,1-3H3. The van der Waals surface area contributed by atoms with Gasteiger partial charge >= 0.3 is 0 Å². The fraction of sp³-hybridized carbons (Fsp3) is 0.438. The Bertz CT molecular complexity index is 492. The second-order valence-corrected chi connectivity index (χ2v) is 6.00. The van der Waals surface area contributed by atoms with E-state index in [4.69, 9.17) is 0 Å². The van der Waals surface area contributed by atoms with Crippen molar-refractivity contribution < 1.29 is 0 Å². The summed E-state index contributed by atoms with van der Waals surface area (Å²) in [5.41, 5.74) is 4.50. The summed E-state index contributed by atoms with van der Waals surface area (Å²) < 4.78 is 0. The average molecular weight is 274 g/mol. The van der Waals surface area contributed by atoms with Crippen molar-refractivity contribution in [1.82, 2.24) is 10.3 Å². The summed E-state index contributed by atoms with van der Waals surface area (Å²) in [5, 5.41) is 3.66. The summed E-state index contributed by atoms with van der Waals surface area (Å²) in [5.74, 6) is 0. The second-order valence-electron chi connectivity index (χ2n) is 5.12. The van der Waals surface area contributed by atoms with Crippen molar-refractivity contribution in [3.63, 3.8) is 0 Å². The van der Waals surface area contributed by atoms with Crippen molar-refractivity contribution >= 4 is 11.3 Å². The number of hydrogen-bond donors (Lipinski definition) is 1.